The van der Waals surface area contributed by atoms with Crippen LogP contribution in [0.1, 0.15) is 43.9 Å². The third-order valence-electron chi connectivity index (χ3n) is 3.74. The predicted molar refractivity (Wildman–Crippen MR) is 69.5 cm³/mol. The Labute approximate surface area is 98.4 Å². The Balaban J connectivity index is 2.38. The van der Waals surface area contributed by atoms with Gasteiger partial charge in [-0.1, -0.05) is 26.0 Å². The molecule has 0 fully saturated rings. The van der Waals surface area contributed by atoms with E-state index in [0.717, 1.165) is 18.8 Å². The van der Waals surface area contributed by atoms with Gasteiger partial charge in [0.05, 0.1) is 0 Å². The third-order valence-corrected chi connectivity index (χ3v) is 3.74. The first-order chi connectivity index (χ1) is 7.77. The van der Waals surface area contributed by atoms with Crippen molar-refractivity contribution >= 4 is 5.69 Å². The SMILES string of the molecule is CCN(CC)C1CCCc2cccc(N)c21. The molecule has 2 nitrogen and oxygen atoms in total. The molecule has 88 valence electrons. The van der Waals surface area contributed by atoms with Crippen LogP contribution in [0, 0.1) is 0 Å². The van der Waals surface area contributed by atoms with E-state index in [0.29, 0.717) is 6.04 Å². The second kappa shape index (κ2) is 4.88. The van der Waals surface area contributed by atoms with Gasteiger partial charge < -0.3 is 5.73 Å². The van der Waals surface area contributed by atoms with Gasteiger partial charge in [0.15, 0.2) is 0 Å². The van der Waals surface area contributed by atoms with Crippen molar-refractivity contribution in [3.05, 3.63) is 29.3 Å². The zero-order chi connectivity index (χ0) is 11.5. The highest BCUT2D eigenvalue weighted by Gasteiger charge is 2.25. The zero-order valence-electron chi connectivity index (χ0n) is 10.4. The van der Waals surface area contributed by atoms with E-state index in [9.17, 15) is 0 Å². The van der Waals surface area contributed by atoms with Gasteiger partial charge in [0.25, 0.3) is 0 Å². The summed E-state index contributed by atoms with van der Waals surface area (Å²) in [6, 6.07) is 6.90. The van der Waals surface area contributed by atoms with Crippen LogP contribution >= 0.6 is 0 Å². The zero-order valence-corrected chi connectivity index (χ0v) is 10.4. The first kappa shape index (κ1) is 11.5. The number of fused-ring (bicyclic) bond motifs is 1. The monoisotopic (exact) mass is 218 g/mol. The molecular weight excluding hydrogens is 196 g/mol. The van der Waals surface area contributed by atoms with E-state index in [-0.39, 0.29) is 0 Å². The second-order valence-corrected chi connectivity index (χ2v) is 4.55. The third kappa shape index (κ3) is 1.94. The maximum atomic E-state index is 6.15. The normalized spacial score (nSPS) is 19.8. The van der Waals surface area contributed by atoms with Crippen molar-refractivity contribution in [3.63, 3.8) is 0 Å². The molecule has 1 atom stereocenters. The van der Waals surface area contributed by atoms with Gasteiger partial charge in [0.2, 0.25) is 0 Å². The number of anilines is 1. The van der Waals surface area contributed by atoms with Gasteiger partial charge in [-0.3, -0.25) is 4.90 Å². The van der Waals surface area contributed by atoms with E-state index in [1.165, 1.54) is 30.4 Å². The molecule has 1 aromatic rings. The van der Waals surface area contributed by atoms with Gasteiger partial charge in [0.1, 0.15) is 0 Å². The summed E-state index contributed by atoms with van der Waals surface area (Å²) in [5, 5.41) is 0. The Kier molecular flexibility index (Phi) is 3.49. The van der Waals surface area contributed by atoms with Crippen LogP contribution in [0.2, 0.25) is 0 Å². The highest BCUT2D eigenvalue weighted by Crippen LogP contribution is 2.37. The summed E-state index contributed by atoms with van der Waals surface area (Å²) in [5.41, 5.74) is 9.99. The predicted octanol–water partition coefficient (Wildman–Crippen LogP) is 2.99. The molecule has 16 heavy (non-hydrogen) atoms. The molecule has 0 saturated heterocycles. The summed E-state index contributed by atoms with van der Waals surface area (Å²) in [6.45, 7) is 6.68. The molecule has 2 rings (SSSR count). The largest absolute Gasteiger partial charge is 0.398 e. The molecule has 0 bridgehead atoms. The fourth-order valence-electron chi connectivity index (χ4n) is 2.92. The van der Waals surface area contributed by atoms with Gasteiger partial charge in [-0.15, -0.1) is 0 Å². The molecule has 0 radical (unpaired) electrons. The highest BCUT2D eigenvalue weighted by atomic mass is 15.1. The molecule has 2 N–H and O–H groups in total. The van der Waals surface area contributed by atoms with Crippen LogP contribution in [-0.4, -0.2) is 18.0 Å². The Bertz CT molecular complexity index is 356. The summed E-state index contributed by atoms with van der Waals surface area (Å²) >= 11 is 0. The lowest BCUT2D eigenvalue weighted by Gasteiger charge is -2.35. The van der Waals surface area contributed by atoms with Crippen molar-refractivity contribution in [2.75, 3.05) is 18.8 Å². The summed E-state index contributed by atoms with van der Waals surface area (Å²) < 4.78 is 0. The summed E-state index contributed by atoms with van der Waals surface area (Å²) in [4.78, 5) is 2.52. The maximum absolute atomic E-state index is 6.15. The molecule has 1 aliphatic carbocycles. The van der Waals surface area contributed by atoms with Crippen LogP contribution in [0.15, 0.2) is 18.2 Å². The van der Waals surface area contributed by atoms with Crippen molar-refractivity contribution in [2.45, 2.75) is 39.2 Å². The summed E-state index contributed by atoms with van der Waals surface area (Å²) in [7, 11) is 0. The van der Waals surface area contributed by atoms with Crippen LogP contribution in [0.25, 0.3) is 0 Å². The quantitative estimate of drug-likeness (QED) is 0.790. The number of aryl methyl sites for hydroxylation is 1. The lowest BCUT2D eigenvalue weighted by molar-refractivity contribution is 0.198. The molecule has 2 heteroatoms. The lowest BCUT2D eigenvalue weighted by Crippen LogP contribution is -2.31. The van der Waals surface area contributed by atoms with Crippen LogP contribution in [0.3, 0.4) is 0 Å². The van der Waals surface area contributed by atoms with Crippen LogP contribution < -0.4 is 5.73 Å². The van der Waals surface area contributed by atoms with Gasteiger partial charge in [0, 0.05) is 11.7 Å². The van der Waals surface area contributed by atoms with Crippen molar-refractivity contribution in [2.24, 2.45) is 0 Å². The van der Waals surface area contributed by atoms with Crippen LogP contribution in [0.4, 0.5) is 5.69 Å². The summed E-state index contributed by atoms with van der Waals surface area (Å²) in [6.07, 6.45) is 3.73. The number of benzene rings is 1. The number of rotatable bonds is 3. The first-order valence-corrected chi connectivity index (χ1v) is 6.39. The molecule has 1 aromatic carbocycles. The van der Waals surface area contributed by atoms with E-state index < -0.39 is 0 Å². The highest BCUT2D eigenvalue weighted by molar-refractivity contribution is 5.53. The van der Waals surface area contributed by atoms with Gasteiger partial charge >= 0.3 is 0 Å². The fourth-order valence-corrected chi connectivity index (χ4v) is 2.92. The van der Waals surface area contributed by atoms with Crippen LogP contribution in [0.5, 0.6) is 0 Å². The maximum Gasteiger partial charge on any atom is 0.0371 e. The average Bonchev–Trinajstić information content (AvgIpc) is 2.31. The molecule has 1 aliphatic rings. The number of nitrogen functional groups attached to an aromatic ring is 1. The second-order valence-electron chi connectivity index (χ2n) is 4.55. The van der Waals surface area contributed by atoms with Gasteiger partial charge in [-0.25, -0.2) is 0 Å². The molecule has 0 spiro atoms. The summed E-state index contributed by atoms with van der Waals surface area (Å²) in [5.74, 6) is 0. The van der Waals surface area contributed by atoms with Gasteiger partial charge in [-0.2, -0.15) is 0 Å². The van der Waals surface area contributed by atoms with Crippen molar-refractivity contribution in [3.8, 4) is 0 Å². The van der Waals surface area contributed by atoms with E-state index in [2.05, 4.69) is 30.9 Å². The van der Waals surface area contributed by atoms with E-state index in [4.69, 9.17) is 5.73 Å². The average molecular weight is 218 g/mol. The molecule has 0 amide bonds. The molecule has 0 saturated carbocycles. The Hall–Kier alpha value is -1.02. The molecule has 0 aromatic heterocycles. The smallest absolute Gasteiger partial charge is 0.0371 e. The van der Waals surface area contributed by atoms with Crippen molar-refractivity contribution in [1.82, 2.24) is 4.90 Å². The minimum atomic E-state index is 0.542. The number of hydrogen-bond donors (Lipinski definition) is 1. The standard InChI is InChI=1S/C14H22N2/c1-3-16(4-2)13-10-6-8-11-7-5-9-12(15)14(11)13/h5,7,9,13H,3-4,6,8,10,15H2,1-2H3. The van der Waals surface area contributed by atoms with Crippen molar-refractivity contribution < 1.29 is 0 Å². The fraction of sp³-hybridized carbons (Fsp3) is 0.571. The number of hydrogen-bond acceptors (Lipinski definition) is 2. The molecular formula is C14H22N2. The topological polar surface area (TPSA) is 29.3 Å². The van der Waals surface area contributed by atoms with E-state index in [1.807, 2.05) is 6.07 Å². The first-order valence-electron chi connectivity index (χ1n) is 6.39. The minimum Gasteiger partial charge on any atom is -0.398 e. The minimum absolute atomic E-state index is 0.542. The van der Waals surface area contributed by atoms with E-state index in [1.54, 1.807) is 0 Å². The van der Waals surface area contributed by atoms with Gasteiger partial charge in [-0.05, 0) is 49.5 Å². The van der Waals surface area contributed by atoms with Crippen molar-refractivity contribution in [1.29, 1.82) is 0 Å². The Morgan fingerprint density at radius 1 is 1.31 bits per heavy atom. The lowest BCUT2D eigenvalue weighted by atomic mass is 9.85. The molecule has 0 aliphatic heterocycles. The van der Waals surface area contributed by atoms with Crippen LogP contribution in [-0.2, 0) is 6.42 Å². The number of nitrogens with two attached hydrogens (primary N) is 1. The number of nitrogens with zero attached hydrogens (tertiary/aromatic N) is 1. The van der Waals surface area contributed by atoms with E-state index >= 15 is 0 Å². The Morgan fingerprint density at radius 3 is 2.75 bits per heavy atom. The molecule has 1 unspecified atom stereocenters. The Morgan fingerprint density at radius 2 is 2.06 bits per heavy atom. The molecule has 0 heterocycles.